The molecule has 0 saturated carbocycles. The number of ether oxygens (including phenoxy) is 1. The lowest BCUT2D eigenvalue weighted by atomic mass is 10.1. The number of pyridine rings is 1. The number of aromatic nitrogens is 1. The van der Waals surface area contributed by atoms with Crippen LogP contribution in [0.1, 0.15) is 17.6 Å². The number of hydrogen-bond acceptors (Lipinski definition) is 3. The third-order valence-electron chi connectivity index (χ3n) is 1.77. The van der Waals surface area contributed by atoms with Crippen LogP contribution in [0.5, 0.6) is 5.88 Å². The molecule has 0 radical (unpaired) electrons. The summed E-state index contributed by atoms with van der Waals surface area (Å²) < 4.78 is 29.9. The highest BCUT2D eigenvalue weighted by molar-refractivity contribution is 6.30. The van der Waals surface area contributed by atoms with Crippen molar-refractivity contribution in [3.63, 3.8) is 0 Å². The second-order valence-corrected chi connectivity index (χ2v) is 3.02. The molecule has 1 aromatic rings. The Morgan fingerprint density at radius 1 is 1.67 bits per heavy atom. The highest BCUT2D eigenvalue weighted by Crippen LogP contribution is 2.31. The maximum Gasteiger partial charge on any atom is 0.267 e. The van der Waals surface area contributed by atoms with Crippen molar-refractivity contribution >= 4 is 11.6 Å². The summed E-state index contributed by atoms with van der Waals surface area (Å²) in [6.45, 7) is 0. The highest BCUT2D eigenvalue weighted by Gasteiger charge is 2.19. The molecule has 15 heavy (non-hydrogen) atoms. The fourth-order valence-corrected chi connectivity index (χ4v) is 1.40. The number of methoxy groups -OCH3 is 1. The van der Waals surface area contributed by atoms with Crippen LogP contribution in [0.4, 0.5) is 8.78 Å². The minimum atomic E-state index is -2.75. The van der Waals surface area contributed by atoms with Gasteiger partial charge >= 0.3 is 0 Å². The molecule has 0 fully saturated rings. The maximum absolute atomic E-state index is 12.6. The van der Waals surface area contributed by atoms with Crippen molar-refractivity contribution in [1.29, 1.82) is 5.26 Å². The van der Waals surface area contributed by atoms with Gasteiger partial charge < -0.3 is 4.74 Å². The monoisotopic (exact) mass is 232 g/mol. The van der Waals surface area contributed by atoms with E-state index in [9.17, 15) is 8.78 Å². The van der Waals surface area contributed by atoms with Crippen LogP contribution in [-0.4, -0.2) is 12.1 Å². The van der Waals surface area contributed by atoms with Crippen LogP contribution in [0.3, 0.4) is 0 Å². The normalized spacial score (nSPS) is 10.1. The fraction of sp³-hybridized carbons (Fsp3) is 0.333. The lowest BCUT2D eigenvalue weighted by Crippen LogP contribution is -2.00. The van der Waals surface area contributed by atoms with Gasteiger partial charge in [-0.3, -0.25) is 0 Å². The van der Waals surface area contributed by atoms with E-state index in [2.05, 4.69) is 4.98 Å². The van der Waals surface area contributed by atoms with Gasteiger partial charge in [-0.2, -0.15) is 5.26 Å². The van der Waals surface area contributed by atoms with Gasteiger partial charge in [-0.1, -0.05) is 11.6 Å². The van der Waals surface area contributed by atoms with E-state index >= 15 is 0 Å². The van der Waals surface area contributed by atoms with Gasteiger partial charge in [0.2, 0.25) is 5.88 Å². The van der Waals surface area contributed by atoms with Crippen LogP contribution in [0, 0.1) is 11.3 Å². The number of rotatable bonds is 3. The summed E-state index contributed by atoms with van der Waals surface area (Å²) in [5, 5.41) is 8.16. The van der Waals surface area contributed by atoms with Gasteiger partial charge in [-0.25, -0.2) is 13.8 Å². The van der Waals surface area contributed by atoms with Crippen LogP contribution in [-0.2, 0) is 6.42 Å². The van der Waals surface area contributed by atoms with Gasteiger partial charge in [0.15, 0.2) is 0 Å². The fourth-order valence-electron chi connectivity index (χ4n) is 1.11. The van der Waals surface area contributed by atoms with Crippen LogP contribution in [0.15, 0.2) is 6.07 Å². The molecule has 0 bridgehead atoms. The number of nitrogens with zero attached hydrogens (tertiary/aromatic N) is 2. The lowest BCUT2D eigenvalue weighted by Gasteiger charge is -2.09. The smallest absolute Gasteiger partial charge is 0.267 e. The Morgan fingerprint density at radius 2 is 2.33 bits per heavy atom. The molecular formula is C9H7ClF2N2O. The van der Waals surface area contributed by atoms with Crippen LogP contribution >= 0.6 is 11.6 Å². The van der Waals surface area contributed by atoms with Crippen molar-refractivity contribution in [2.24, 2.45) is 0 Å². The predicted octanol–water partition coefficient (Wildman–Crippen LogP) is 2.75. The molecule has 6 heteroatoms. The van der Waals surface area contributed by atoms with Crippen molar-refractivity contribution in [2.45, 2.75) is 12.8 Å². The summed E-state index contributed by atoms with van der Waals surface area (Å²) in [4.78, 5) is 3.61. The SMILES string of the molecule is COc1cc(CC#N)c(C(F)F)c(Cl)n1. The Morgan fingerprint density at radius 3 is 2.80 bits per heavy atom. The lowest BCUT2D eigenvalue weighted by molar-refractivity contribution is 0.150. The number of nitriles is 1. The number of halogens is 3. The minimum Gasteiger partial charge on any atom is -0.481 e. The van der Waals surface area contributed by atoms with Gasteiger partial charge in [0, 0.05) is 6.07 Å². The van der Waals surface area contributed by atoms with Crippen LogP contribution in [0.25, 0.3) is 0 Å². The van der Waals surface area contributed by atoms with Crippen LogP contribution in [0.2, 0.25) is 5.15 Å². The topological polar surface area (TPSA) is 45.9 Å². The molecule has 1 rings (SSSR count). The molecule has 0 atom stereocenters. The maximum atomic E-state index is 12.6. The third-order valence-corrected chi connectivity index (χ3v) is 2.06. The molecular weight excluding hydrogens is 226 g/mol. The van der Waals surface area contributed by atoms with Crippen molar-refractivity contribution < 1.29 is 13.5 Å². The van der Waals surface area contributed by atoms with Crippen molar-refractivity contribution in [3.05, 3.63) is 22.3 Å². The first-order valence-electron chi connectivity index (χ1n) is 3.98. The number of alkyl halides is 2. The Bertz CT molecular complexity index is 404. The first kappa shape index (κ1) is 11.7. The molecule has 0 aliphatic carbocycles. The van der Waals surface area contributed by atoms with E-state index in [1.54, 1.807) is 6.07 Å². The Labute approximate surface area is 90.3 Å². The molecule has 0 unspecified atom stereocenters. The van der Waals surface area contributed by atoms with E-state index in [1.807, 2.05) is 0 Å². The zero-order chi connectivity index (χ0) is 11.4. The van der Waals surface area contributed by atoms with Crippen molar-refractivity contribution in [3.8, 4) is 11.9 Å². The number of hydrogen-bond donors (Lipinski definition) is 0. The molecule has 0 N–H and O–H groups in total. The molecule has 80 valence electrons. The summed E-state index contributed by atoms with van der Waals surface area (Å²) in [6, 6.07) is 3.07. The van der Waals surface area contributed by atoms with E-state index < -0.39 is 12.0 Å². The molecule has 0 aliphatic heterocycles. The minimum absolute atomic E-state index is 0.120. The Hall–Kier alpha value is -1.41. The summed E-state index contributed by atoms with van der Waals surface area (Å²) >= 11 is 5.56. The quantitative estimate of drug-likeness (QED) is 0.753. The van der Waals surface area contributed by atoms with Crippen molar-refractivity contribution in [1.82, 2.24) is 4.98 Å². The second kappa shape index (κ2) is 4.89. The molecule has 0 aromatic carbocycles. The van der Waals surface area contributed by atoms with Gasteiger partial charge in [-0.15, -0.1) is 0 Å². The van der Waals surface area contributed by atoms with Gasteiger partial charge in [0.25, 0.3) is 6.43 Å². The van der Waals surface area contributed by atoms with E-state index in [0.29, 0.717) is 0 Å². The van der Waals surface area contributed by atoms with E-state index in [0.717, 1.165) is 0 Å². The first-order valence-corrected chi connectivity index (χ1v) is 4.36. The molecule has 1 aromatic heterocycles. The van der Waals surface area contributed by atoms with Gasteiger partial charge in [-0.05, 0) is 5.56 Å². The summed E-state index contributed by atoms with van der Waals surface area (Å²) in [5.74, 6) is 0.120. The van der Waals surface area contributed by atoms with Gasteiger partial charge in [0.1, 0.15) is 5.15 Å². The highest BCUT2D eigenvalue weighted by atomic mass is 35.5. The molecule has 0 amide bonds. The molecule has 1 heterocycles. The van der Waals surface area contributed by atoms with E-state index in [4.69, 9.17) is 21.6 Å². The summed E-state index contributed by atoms with van der Waals surface area (Å²) in [7, 11) is 1.34. The third kappa shape index (κ3) is 2.54. The molecule has 0 aliphatic rings. The zero-order valence-electron chi connectivity index (χ0n) is 7.80. The Balaban J connectivity index is 3.30. The first-order chi connectivity index (χ1) is 7.10. The van der Waals surface area contributed by atoms with Crippen LogP contribution < -0.4 is 4.74 Å². The molecule has 0 spiro atoms. The molecule has 3 nitrogen and oxygen atoms in total. The standard InChI is InChI=1S/C9H7ClF2N2O/c1-15-6-4-5(2-3-13)7(9(11)12)8(10)14-6/h4,9H,2H2,1H3. The summed E-state index contributed by atoms with van der Waals surface area (Å²) in [6.07, 6.45) is -2.91. The van der Waals surface area contributed by atoms with Gasteiger partial charge in [0.05, 0.1) is 25.2 Å². The Kier molecular flexibility index (Phi) is 3.81. The van der Waals surface area contributed by atoms with E-state index in [-0.39, 0.29) is 23.0 Å². The summed E-state index contributed by atoms with van der Waals surface area (Å²) in [5.41, 5.74) is -0.261. The van der Waals surface area contributed by atoms with E-state index in [1.165, 1.54) is 13.2 Å². The van der Waals surface area contributed by atoms with Crippen molar-refractivity contribution in [2.75, 3.05) is 7.11 Å². The predicted molar refractivity (Wildman–Crippen MR) is 50.1 cm³/mol. The average molecular weight is 233 g/mol. The zero-order valence-corrected chi connectivity index (χ0v) is 8.55. The second-order valence-electron chi connectivity index (χ2n) is 2.66. The average Bonchev–Trinajstić information content (AvgIpc) is 2.16. The largest absolute Gasteiger partial charge is 0.481 e. The molecule has 0 saturated heterocycles.